The molecule has 0 bridgehead atoms. The van der Waals surface area contributed by atoms with Crippen molar-refractivity contribution in [3.8, 4) is 0 Å². The largest absolute Gasteiger partial charge is 0.377 e. The lowest BCUT2D eigenvalue weighted by atomic mass is 10.3. The van der Waals surface area contributed by atoms with Crippen molar-refractivity contribution in [3.05, 3.63) is 17.7 Å². The predicted molar refractivity (Wildman–Crippen MR) is 46.7 cm³/mol. The first-order valence-corrected chi connectivity index (χ1v) is 3.98. The Morgan fingerprint density at radius 2 is 2.42 bits per heavy atom. The third-order valence-corrected chi connectivity index (χ3v) is 1.85. The van der Waals surface area contributed by atoms with E-state index in [2.05, 4.69) is 4.98 Å². The quantitative estimate of drug-likeness (QED) is 0.693. The van der Waals surface area contributed by atoms with Crippen molar-refractivity contribution in [2.45, 2.75) is 13.0 Å². The first-order chi connectivity index (χ1) is 5.79. The zero-order chi connectivity index (χ0) is 8.97. The Labute approximate surface area is 72.3 Å². The van der Waals surface area contributed by atoms with Crippen LogP contribution in [0, 0.1) is 0 Å². The molecule has 0 aliphatic heterocycles. The number of ether oxygens (including phenoxy) is 1. The molecule has 0 amide bonds. The Morgan fingerprint density at radius 3 is 3.00 bits per heavy atom. The molecule has 0 radical (unpaired) electrons. The van der Waals surface area contributed by atoms with Gasteiger partial charge < -0.3 is 15.0 Å². The molecule has 1 aromatic heterocycles. The Bertz CT molecular complexity index is 221. The molecule has 0 unspecified atom stereocenters. The lowest BCUT2D eigenvalue weighted by molar-refractivity contribution is 0.175. The smallest absolute Gasteiger partial charge is 0.134 e. The predicted octanol–water partition coefficient (Wildman–Crippen LogP) is 0.0677. The molecule has 0 aliphatic carbocycles. The highest BCUT2D eigenvalue weighted by atomic mass is 16.5. The van der Waals surface area contributed by atoms with E-state index in [1.54, 1.807) is 7.11 Å². The number of hydrogen-bond donors (Lipinski definition) is 1. The van der Waals surface area contributed by atoms with Crippen molar-refractivity contribution in [3.63, 3.8) is 0 Å². The maximum Gasteiger partial charge on any atom is 0.134 e. The molecule has 4 heteroatoms. The van der Waals surface area contributed by atoms with Gasteiger partial charge in [0.1, 0.15) is 12.4 Å². The van der Waals surface area contributed by atoms with Crippen molar-refractivity contribution < 1.29 is 4.74 Å². The summed E-state index contributed by atoms with van der Waals surface area (Å²) in [6.45, 7) is 1.22. The Kier molecular flexibility index (Phi) is 3.25. The van der Waals surface area contributed by atoms with E-state index >= 15 is 0 Å². The molecule has 0 aromatic carbocycles. The minimum Gasteiger partial charge on any atom is -0.377 e. The van der Waals surface area contributed by atoms with Crippen LogP contribution in [-0.4, -0.2) is 23.2 Å². The molecule has 12 heavy (non-hydrogen) atoms. The van der Waals surface area contributed by atoms with Crippen molar-refractivity contribution in [1.82, 2.24) is 9.55 Å². The number of rotatable bonds is 4. The molecule has 0 aliphatic rings. The maximum atomic E-state index is 5.44. The van der Waals surface area contributed by atoms with Crippen LogP contribution >= 0.6 is 0 Å². The van der Waals surface area contributed by atoms with Crippen LogP contribution in [0.1, 0.15) is 11.5 Å². The SMILES string of the molecule is COCc1ncc(CCN)n1C. The van der Waals surface area contributed by atoms with Gasteiger partial charge in [-0.2, -0.15) is 0 Å². The Balaban J connectivity index is 2.74. The molecule has 0 fully saturated rings. The zero-order valence-electron chi connectivity index (χ0n) is 7.58. The van der Waals surface area contributed by atoms with Crippen LogP contribution in [0.4, 0.5) is 0 Å². The third-order valence-electron chi connectivity index (χ3n) is 1.85. The molecule has 0 saturated heterocycles. The van der Waals surface area contributed by atoms with Crippen molar-refractivity contribution in [2.24, 2.45) is 12.8 Å². The van der Waals surface area contributed by atoms with Gasteiger partial charge in [-0.1, -0.05) is 0 Å². The fourth-order valence-electron chi connectivity index (χ4n) is 1.13. The second-order valence-corrected chi connectivity index (χ2v) is 2.70. The molecular formula is C8H15N3O. The highest BCUT2D eigenvalue weighted by Crippen LogP contribution is 2.03. The third kappa shape index (κ3) is 1.84. The standard InChI is InChI=1S/C8H15N3O/c1-11-7(3-4-9)5-10-8(11)6-12-2/h5H,3-4,6,9H2,1-2H3. The second-order valence-electron chi connectivity index (χ2n) is 2.70. The van der Waals surface area contributed by atoms with Gasteiger partial charge in [-0.25, -0.2) is 4.98 Å². The van der Waals surface area contributed by atoms with E-state index in [0.29, 0.717) is 13.2 Å². The summed E-state index contributed by atoms with van der Waals surface area (Å²) in [5.41, 5.74) is 6.60. The van der Waals surface area contributed by atoms with Crippen molar-refractivity contribution in [2.75, 3.05) is 13.7 Å². The zero-order valence-corrected chi connectivity index (χ0v) is 7.58. The first-order valence-electron chi connectivity index (χ1n) is 3.98. The lowest BCUT2D eigenvalue weighted by Crippen LogP contribution is -2.08. The van der Waals surface area contributed by atoms with Gasteiger partial charge in [-0.05, 0) is 6.54 Å². The fraction of sp³-hybridized carbons (Fsp3) is 0.625. The summed E-state index contributed by atoms with van der Waals surface area (Å²) in [7, 11) is 3.64. The summed E-state index contributed by atoms with van der Waals surface area (Å²) in [6, 6.07) is 0. The molecule has 4 nitrogen and oxygen atoms in total. The summed E-state index contributed by atoms with van der Waals surface area (Å²) >= 11 is 0. The Morgan fingerprint density at radius 1 is 1.67 bits per heavy atom. The monoisotopic (exact) mass is 169 g/mol. The molecule has 2 N–H and O–H groups in total. The van der Waals surface area contributed by atoms with Crippen molar-refractivity contribution >= 4 is 0 Å². The molecule has 1 aromatic rings. The number of nitrogens with zero attached hydrogens (tertiary/aromatic N) is 2. The van der Waals surface area contributed by atoms with E-state index in [0.717, 1.165) is 17.9 Å². The number of hydrogen-bond acceptors (Lipinski definition) is 3. The summed E-state index contributed by atoms with van der Waals surface area (Å²) in [5.74, 6) is 0.945. The fourth-order valence-corrected chi connectivity index (χ4v) is 1.13. The minimum absolute atomic E-state index is 0.557. The van der Waals surface area contributed by atoms with Crippen LogP contribution in [0.25, 0.3) is 0 Å². The molecule has 0 saturated carbocycles. The summed E-state index contributed by atoms with van der Waals surface area (Å²) in [4.78, 5) is 4.21. The van der Waals surface area contributed by atoms with Gasteiger partial charge >= 0.3 is 0 Å². The molecule has 1 heterocycles. The van der Waals surface area contributed by atoms with E-state index in [1.807, 2.05) is 17.8 Å². The normalized spacial score (nSPS) is 10.6. The molecule has 68 valence electrons. The average molecular weight is 169 g/mol. The average Bonchev–Trinajstić information content (AvgIpc) is 2.38. The van der Waals surface area contributed by atoms with Gasteiger partial charge in [0.05, 0.1) is 0 Å². The molecule has 0 spiro atoms. The maximum absolute atomic E-state index is 5.44. The minimum atomic E-state index is 0.557. The van der Waals surface area contributed by atoms with E-state index < -0.39 is 0 Å². The van der Waals surface area contributed by atoms with Gasteiger partial charge in [0, 0.05) is 32.5 Å². The van der Waals surface area contributed by atoms with Crippen LogP contribution in [0.15, 0.2) is 6.20 Å². The van der Waals surface area contributed by atoms with E-state index in [9.17, 15) is 0 Å². The van der Waals surface area contributed by atoms with Crippen molar-refractivity contribution in [1.29, 1.82) is 0 Å². The molecular weight excluding hydrogens is 154 g/mol. The number of nitrogens with two attached hydrogens (primary N) is 1. The second kappa shape index (κ2) is 4.23. The van der Waals surface area contributed by atoms with Gasteiger partial charge in [-0.3, -0.25) is 0 Å². The number of methoxy groups -OCH3 is 1. The first kappa shape index (κ1) is 9.22. The van der Waals surface area contributed by atoms with E-state index in [1.165, 1.54) is 0 Å². The van der Waals surface area contributed by atoms with Crippen LogP contribution in [-0.2, 0) is 24.8 Å². The van der Waals surface area contributed by atoms with Crippen LogP contribution in [0.2, 0.25) is 0 Å². The topological polar surface area (TPSA) is 53.1 Å². The van der Waals surface area contributed by atoms with Gasteiger partial charge in [0.2, 0.25) is 0 Å². The van der Waals surface area contributed by atoms with Crippen LogP contribution in [0.3, 0.4) is 0 Å². The molecule has 1 rings (SSSR count). The Hall–Kier alpha value is -0.870. The van der Waals surface area contributed by atoms with E-state index in [-0.39, 0.29) is 0 Å². The lowest BCUT2D eigenvalue weighted by Gasteiger charge is -2.03. The number of imidazole rings is 1. The van der Waals surface area contributed by atoms with Gasteiger partial charge in [0.15, 0.2) is 0 Å². The molecule has 0 atom stereocenters. The summed E-state index contributed by atoms with van der Waals surface area (Å²) < 4.78 is 7.01. The highest BCUT2D eigenvalue weighted by molar-refractivity contribution is 5.04. The van der Waals surface area contributed by atoms with Gasteiger partial charge in [-0.15, -0.1) is 0 Å². The van der Waals surface area contributed by atoms with Crippen LogP contribution < -0.4 is 5.73 Å². The summed E-state index contributed by atoms with van der Waals surface area (Å²) in [5, 5.41) is 0. The summed E-state index contributed by atoms with van der Waals surface area (Å²) in [6.07, 6.45) is 2.72. The van der Waals surface area contributed by atoms with Gasteiger partial charge in [0.25, 0.3) is 0 Å². The number of aromatic nitrogens is 2. The van der Waals surface area contributed by atoms with E-state index in [4.69, 9.17) is 10.5 Å². The van der Waals surface area contributed by atoms with Crippen LogP contribution in [0.5, 0.6) is 0 Å². The highest BCUT2D eigenvalue weighted by Gasteiger charge is 2.03.